The number of rotatable bonds is 12. The van der Waals surface area contributed by atoms with Crippen LogP contribution in [-0.2, 0) is 44.5 Å². The molecule has 15 heteroatoms. The van der Waals surface area contributed by atoms with E-state index >= 15 is 0 Å². The summed E-state index contributed by atoms with van der Waals surface area (Å²) >= 11 is 0. The fourth-order valence-corrected chi connectivity index (χ4v) is 9.70. The molecule has 0 unspecified atom stereocenters. The van der Waals surface area contributed by atoms with Gasteiger partial charge < -0.3 is 63.7 Å². The van der Waals surface area contributed by atoms with Crippen LogP contribution in [0.4, 0.5) is 0 Å². The lowest BCUT2D eigenvalue weighted by Gasteiger charge is -2.49. The number of oxime groups is 1. The minimum Gasteiger partial charge on any atom is -0.459 e. The number of methoxy groups -OCH3 is 1. The maximum absolute atomic E-state index is 14.4. The number of nitrogens with zero attached hydrogens (tertiary/aromatic N) is 2. The monoisotopic (exact) mass is 867 g/mol. The van der Waals surface area contributed by atoms with Gasteiger partial charge in [0.1, 0.15) is 30.5 Å². The van der Waals surface area contributed by atoms with Crippen molar-refractivity contribution in [3.05, 3.63) is 35.9 Å². The van der Waals surface area contributed by atoms with Gasteiger partial charge in [0.05, 0.1) is 53.4 Å². The summed E-state index contributed by atoms with van der Waals surface area (Å²) in [4.78, 5) is 22.2. The van der Waals surface area contributed by atoms with Crippen LogP contribution < -0.4 is 0 Å². The number of carbonyl (C=O) groups is 1. The predicted molar refractivity (Wildman–Crippen MR) is 229 cm³/mol. The Morgan fingerprint density at radius 3 is 2.16 bits per heavy atom. The van der Waals surface area contributed by atoms with Crippen molar-refractivity contribution in [2.75, 3.05) is 27.8 Å². The molecule has 15 nitrogen and oxygen atoms in total. The third-order valence-corrected chi connectivity index (χ3v) is 13.6. The highest BCUT2D eigenvalue weighted by Gasteiger charge is 2.53. The number of likely N-dealkylation sites (N-methyl/N-ethyl adjacent to an activating group) is 1. The number of benzene rings is 1. The van der Waals surface area contributed by atoms with Crippen molar-refractivity contribution in [3.63, 3.8) is 0 Å². The highest BCUT2D eigenvalue weighted by Crippen LogP contribution is 2.41. The molecule has 0 saturated carbocycles. The molecule has 0 aromatic heterocycles. The first-order valence-corrected chi connectivity index (χ1v) is 22.2. The number of hydrogen-bond acceptors (Lipinski definition) is 15. The van der Waals surface area contributed by atoms with Crippen LogP contribution in [0.2, 0.25) is 0 Å². The van der Waals surface area contributed by atoms with Crippen LogP contribution in [0.3, 0.4) is 0 Å². The quantitative estimate of drug-likeness (QED) is 0.114. The molecule has 3 fully saturated rings. The van der Waals surface area contributed by atoms with Crippen molar-refractivity contribution in [2.24, 2.45) is 28.8 Å². The standard InChI is InChI=1S/C46H78N2O13/c1-14-34-46(10,54)39(50)28(4)36(47-56-22-18-21-32-19-16-15-17-20-32)26(2)24-44(8,53)41(61-43-37(49)33(48(11)12)23-27(3)57-43)29(5)38(30(6)42(52)59-34)60-35-25-45(9,55-13)40(51)31(7)58-35/h15-17,19-20,26-31,33-35,37-41,43,49-51,53-54H,14,18,21-25H2,1-13H3/b47-36+/t26-,27-,28+,29+,30-,31+,33+,34-,35+,37-,38+,39-,40+,41-,43+,44-,45-,46-/m1/s1. The van der Waals surface area contributed by atoms with Crippen LogP contribution in [-0.4, -0.2) is 154 Å². The topological polar surface area (TPSA) is 198 Å². The molecular weight excluding hydrogens is 789 g/mol. The average molecular weight is 867 g/mol. The van der Waals surface area contributed by atoms with Crippen LogP contribution in [0.15, 0.2) is 35.5 Å². The summed E-state index contributed by atoms with van der Waals surface area (Å²) in [7, 11) is 5.25. The van der Waals surface area contributed by atoms with Gasteiger partial charge in [-0.1, -0.05) is 63.2 Å². The second kappa shape index (κ2) is 21.6. The van der Waals surface area contributed by atoms with Gasteiger partial charge in [-0.15, -0.1) is 0 Å². The van der Waals surface area contributed by atoms with Crippen LogP contribution in [0.1, 0.15) is 107 Å². The van der Waals surface area contributed by atoms with Crippen LogP contribution >= 0.6 is 0 Å². The summed E-state index contributed by atoms with van der Waals surface area (Å²) in [6.07, 6.45) is -7.82. The molecule has 18 atom stereocenters. The Kier molecular flexibility index (Phi) is 18.2. The van der Waals surface area contributed by atoms with Crippen molar-refractivity contribution >= 4 is 11.7 Å². The molecule has 0 bridgehead atoms. The van der Waals surface area contributed by atoms with E-state index in [1.165, 1.54) is 14.0 Å². The van der Waals surface area contributed by atoms with E-state index in [9.17, 15) is 30.3 Å². The van der Waals surface area contributed by atoms with E-state index in [2.05, 4.69) is 5.16 Å². The van der Waals surface area contributed by atoms with Gasteiger partial charge in [-0.3, -0.25) is 4.79 Å². The first kappa shape index (κ1) is 51.4. The Balaban J connectivity index is 1.82. The lowest BCUT2D eigenvalue weighted by Crippen LogP contribution is -2.61. The number of aliphatic hydroxyl groups excluding tert-OH is 3. The third-order valence-electron chi connectivity index (χ3n) is 13.6. The molecule has 3 aliphatic rings. The minimum absolute atomic E-state index is 0.0105. The van der Waals surface area contributed by atoms with Gasteiger partial charge in [-0.05, 0) is 93.3 Å². The highest BCUT2D eigenvalue weighted by atomic mass is 16.7. The second-order valence-corrected chi connectivity index (χ2v) is 19.0. The summed E-state index contributed by atoms with van der Waals surface area (Å²) in [5, 5.41) is 64.2. The fourth-order valence-electron chi connectivity index (χ4n) is 9.70. The van der Waals surface area contributed by atoms with Gasteiger partial charge in [-0.2, -0.15) is 0 Å². The number of aryl methyl sites for hydroxylation is 1. The molecule has 0 amide bonds. The Bertz CT molecular complexity index is 1550. The molecule has 3 heterocycles. The normalized spacial score (nSPS) is 44.1. The molecular formula is C46H78N2O13. The zero-order valence-corrected chi connectivity index (χ0v) is 38.9. The summed E-state index contributed by atoms with van der Waals surface area (Å²) in [5.41, 5.74) is -3.19. The Labute approximate surface area is 364 Å². The maximum atomic E-state index is 14.4. The SMILES string of the molecule is CC[C@H]1OC(=O)[C@H](C)[C@@H](O[C@H]2C[C@@](C)(OC)[C@@H](O)[C@H](C)O2)[C@H](C)[C@@H](O[C@@H]2O[C@H](C)C[C@H](N(C)C)[C@H]2O)[C@](C)(O)C[C@@H](C)/C(=N\OCCCc2ccccc2)[C@H](C)[C@@H](O)[C@]1(C)O. The molecule has 1 aromatic rings. The predicted octanol–water partition coefficient (Wildman–Crippen LogP) is 4.22. The Morgan fingerprint density at radius 1 is 0.902 bits per heavy atom. The first-order chi connectivity index (χ1) is 28.5. The fraction of sp³-hybridized carbons (Fsp3) is 0.826. The molecule has 5 N–H and O–H groups in total. The summed E-state index contributed by atoms with van der Waals surface area (Å²) in [6, 6.07) is 9.70. The van der Waals surface area contributed by atoms with Gasteiger partial charge in [0, 0.05) is 37.3 Å². The molecule has 1 aromatic carbocycles. The average Bonchev–Trinajstić information content (AvgIpc) is 3.20. The van der Waals surface area contributed by atoms with E-state index in [-0.39, 0.29) is 38.0 Å². The van der Waals surface area contributed by atoms with Crippen molar-refractivity contribution in [2.45, 2.75) is 192 Å². The zero-order chi connectivity index (χ0) is 45.6. The molecule has 0 spiro atoms. The van der Waals surface area contributed by atoms with Crippen molar-refractivity contribution in [1.29, 1.82) is 0 Å². The zero-order valence-electron chi connectivity index (χ0n) is 38.9. The van der Waals surface area contributed by atoms with Gasteiger partial charge in [0.15, 0.2) is 12.6 Å². The van der Waals surface area contributed by atoms with Crippen LogP contribution in [0, 0.1) is 23.7 Å². The minimum atomic E-state index is -1.94. The number of hydrogen-bond donors (Lipinski definition) is 5. The van der Waals surface area contributed by atoms with Crippen molar-refractivity contribution in [1.82, 2.24) is 4.90 Å². The first-order valence-electron chi connectivity index (χ1n) is 22.2. The number of ether oxygens (including phenoxy) is 6. The summed E-state index contributed by atoms with van der Waals surface area (Å²) in [5.74, 6) is -3.99. The van der Waals surface area contributed by atoms with Gasteiger partial charge in [0.25, 0.3) is 0 Å². The van der Waals surface area contributed by atoms with Gasteiger partial charge in [-0.25, -0.2) is 0 Å². The largest absolute Gasteiger partial charge is 0.459 e. The van der Waals surface area contributed by atoms with E-state index in [1.807, 2.05) is 63.2 Å². The second-order valence-electron chi connectivity index (χ2n) is 19.0. The van der Waals surface area contributed by atoms with Crippen LogP contribution in [0.5, 0.6) is 0 Å². The number of cyclic esters (lactones) is 1. The number of aliphatic hydroxyl groups is 5. The van der Waals surface area contributed by atoms with Crippen molar-refractivity contribution in [3.8, 4) is 0 Å². The molecule has 3 saturated heterocycles. The molecule has 0 radical (unpaired) electrons. The lowest BCUT2D eigenvalue weighted by molar-refractivity contribution is -0.317. The summed E-state index contributed by atoms with van der Waals surface area (Å²) < 4.78 is 37.9. The third kappa shape index (κ3) is 12.3. The van der Waals surface area contributed by atoms with Crippen molar-refractivity contribution < 1.29 is 63.6 Å². The Hall–Kier alpha value is -2.28. The lowest BCUT2D eigenvalue weighted by atomic mass is 9.73. The smallest absolute Gasteiger partial charge is 0.311 e. The van der Waals surface area contributed by atoms with E-state index in [0.717, 1.165) is 12.0 Å². The van der Waals surface area contributed by atoms with Gasteiger partial charge in [0.2, 0.25) is 0 Å². The van der Waals surface area contributed by atoms with E-state index in [1.54, 1.807) is 48.5 Å². The highest BCUT2D eigenvalue weighted by molar-refractivity contribution is 5.88. The van der Waals surface area contributed by atoms with E-state index in [4.69, 9.17) is 33.3 Å². The van der Waals surface area contributed by atoms with E-state index < -0.39 is 102 Å². The molecule has 4 rings (SSSR count). The maximum Gasteiger partial charge on any atom is 0.311 e. The number of esters is 1. The molecule has 61 heavy (non-hydrogen) atoms. The number of carbonyl (C=O) groups excluding carboxylic acids is 1. The van der Waals surface area contributed by atoms with Crippen LogP contribution in [0.25, 0.3) is 0 Å². The molecule has 350 valence electrons. The Morgan fingerprint density at radius 2 is 1.56 bits per heavy atom. The van der Waals surface area contributed by atoms with E-state index in [0.29, 0.717) is 18.6 Å². The molecule has 3 aliphatic heterocycles. The molecule has 0 aliphatic carbocycles. The summed E-state index contributed by atoms with van der Waals surface area (Å²) in [6.45, 7) is 17.5. The van der Waals surface area contributed by atoms with Gasteiger partial charge >= 0.3 is 5.97 Å².